The van der Waals surface area contributed by atoms with Crippen LogP contribution in [0.15, 0.2) is 18.2 Å². The lowest BCUT2D eigenvalue weighted by Crippen LogP contribution is -1.93. The van der Waals surface area contributed by atoms with Gasteiger partial charge in [-0.05, 0) is 49.8 Å². The number of nitrogens with zero attached hydrogens (tertiary/aromatic N) is 1. The first kappa shape index (κ1) is 11.2. The molecule has 0 bridgehead atoms. The van der Waals surface area contributed by atoms with Crippen LogP contribution in [0.2, 0.25) is 0 Å². The van der Waals surface area contributed by atoms with Gasteiger partial charge >= 0.3 is 0 Å². The highest BCUT2D eigenvalue weighted by molar-refractivity contribution is 7.71. The van der Waals surface area contributed by atoms with E-state index in [0.717, 1.165) is 34.0 Å². The first-order valence-electron chi connectivity index (χ1n) is 5.62. The topological polar surface area (TPSA) is 47.1 Å². The summed E-state index contributed by atoms with van der Waals surface area (Å²) in [7, 11) is 0. The Morgan fingerprint density at radius 2 is 1.89 bits per heavy atom. The number of H-pyrrole nitrogens is 1. The van der Waals surface area contributed by atoms with Crippen LogP contribution >= 0.6 is 12.2 Å². The zero-order valence-electron chi connectivity index (χ0n) is 10.1. The third-order valence-corrected chi connectivity index (χ3v) is 3.07. The monoisotopic (exact) mass is 260 g/mol. The van der Waals surface area contributed by atoms with Crippen LogP contribution in [0.4, 0.5) is 0 Å². The molecular formula is C13H12N2O2S. The van der Waals surface area contributed by atoms with Crippen LogP contribution < -0.4 is 9.47 Å². The Morgan fingerprint density at radius 1 is 1.17 bits per heavy atom. The van der Waals surface area contributed by atoms with Gasteiger partial charge in [-0.15, -0.1) is 0 Å². The lowest BCUT2D eigenvalue weighted by molar-refractivity contribution is 0.174. The van der Waals surface area contributed by atoms with Crippen LogP contribution in [-0.2, 0) is 0 Å². The number of rotatable bonds is 1. The third kappa shape index (κ3) is 1.86. The van der Waals surface area contributed by atoms with Gasteiger partial charge in [0.25, 0.3) is 0 Å². The standard InChI is InChI=1S/C13H12N2O2S/c1-7-3-11-12(17-6-16-11)5-9(7)10-4-8(2)14-13(18)15-10/h3-5H,6H2,1-2H3,(H,14,15,18). The van der Waals surface area contributed by atoms with Crippen molar-refractivity contribution >= 4 is 12.2 Å². The van der Waals surface area contributed by atoms with Crippen molar-refractivity contribution in [2.45, 2.75) is 13.8 Å². The quantitative estimate of drug-likeness (QED) is 0.800. The van der Waals surface area contributed by atoms with Gasteiger partial charge in [-0.25, -0.2) is 4.98 Å². The molecule has 4 nitrogen and oxygen atoms in total. The molecule has 92 valence electrons. The van der Waals surface area contributed by atoms with Gasteiger partial charge < -0.3 is 14.5 Å². The smallest absolute Gasteiger partial charge is 0.231 e. The first-order chi connectivity index (χ1) is 8.63. The summed E-state index contributed by atoms with van der Waals surface area (Å²) in [6.07, 6.45) is 0. The molecule has 0 amide bonds. The van der Waals surface area contributed by atoms with Gasteiger partial charge in [-0.3, -0.25) is 0 Å². The molecule has 0 saturated heterocycles. The number of benzene rings is 1. The van der Waals surface area contributed by atoms with E-state index in [1.165, 1.54) is 0 Å². The summed E-state index contributed by atoms with van der Waals surface area (Å²) in [5, 5.41) is 0. The molecule has 0 fully saturated rings. The van der Waals surface area contributed by atoms with Crippen LogP contribution in [-0.4, -0.2) is 16.8 Å². The van der Waals surface area contributed by atoms with Crippen molar-refractivity contribution in [1.29, 1.82) is 0 Å². The van der Waals surface area contributed by atoms with Gasteiger partial charge in [0, 0.05) is 11.3 Å². The SMILES string of the molecule is Cc1cc(-c2cc3c(cc2C)OCO3)nc(=S)[nH]1. The fourth-order valence-electron chi connectivity index (χ4n) is 2.04. The molecule has 1 aromatic heterocycles. The molecule has 0 unspecified atom stereocenters. The molecule has 0 radical (unpaired) electrons. The third-order valence-electron chi connectivity index (χ3n) is 2.87. The molecule has 1 aliphatic heterocycles. The second-order valence-electron chi connectivity index (χ2n) is 4.27. The molecule has 0 atom stereocenters. The first-order valence-corrected chi connectivity index (χ1v) is 6.03. The summed E-state index contributed by atoms with van der Waals surface area (Å²) in [5.41, 5.74) is 3.95. The maximum atomic E-state index is 5.39. The molecule has 0 saturated carbocycles. The van der Waals surface area contributed by atoms with Crippen molar-refractivity contribution < 1.29 is 9.47 Å². The van der Waals surface area contributed by atoms with Crippen LogP contribution in [0, 0.1) is 18.6 Å². The summed E-state index contributed by atoms with van der Waals surface area (Å²) in [4.78, 5) is 7.35. The molecule has 1 aliphatic rings. The number of nitrogens with one attached hydrogen (secondary N) is 1. The average Bonchev–Trinajstić information content (AvgIpc) is 2.73. The number of fused-ring (bicyclic) bond motifs is 1. The molecule has 5 heteroatoms. The van der Waals surface area contributed by atoms with Gasteiger partial charge in [0.05, 0.1) is 5.69 Å². The highest BCUT2D eigenvalue weighted by Gasteiger charge is 2.17. The van der Waals surface area contributed by atoms with Crippen molar-refractivity contribution in [3.8, 4) is 22.8 Å². The van der Waals surface area contributed by atoms with Crippen LogP contribution in [0.5, 0.6) is 11.5 Å². The average molecular weight is 260 g/mol. The fraction of sp³-hybridized carbons (Fsp3) is 0.231. The van der Waals surface area contributed by atoms with Crippen LogP contribution in [0.3, 0.4) is 0 Å². The van der Waals surface area contributed by atoms with Crippen molar-refractivity contribution in [3.63, 3.8) is 0 Å². The number of hydrogen-bond acceptors (Lipinski definition) is 4. The van der Waals surface area contributed by atoms with Crippen LogP contribution in [0.25, 0.3) is 11.3 Å². The number of aromatic nitrogens is 2. The van der Waals surface area contributed by atoms with E-state index in [1.807, 2.05) is 32.0 Å². The minimum atomic E-state index is 0.277. The van der Waals surface area contributed by atoms with E-state index < -0.39 is 0 Å². The molecule has 1 N–H and O–H groups in total. The maximum Gasteiger partial charge on any atom is 0.231 e. The number of hydrogen-bond donors (Lipinski definition) is 1. The maximum absolute atomic E-state index is 5.39. The number of ether oxygens (including phenoxy) is 2. The van der Waals surface area contributed by atoms with E-state index in [9.17, 15) is 0 Å². The molecule has 2 heterocycles. The second-order valence-corrected chi connectivity index (χ2v) is 4.66. The molecule has 0 aliphatic carbocycles. The Kier molecular flexibility index (Phi) is 2.56. The molecule has 1 aromatic carbocycles. The summed E-state index contributed by atoms with van der Waals surface area (Å²) < 4.78 is 11.2. The van der Waals surface area contributed by atoms with E-state index >= 15 is 0 Å². The number of aryl methyl sites for hydroxylation is 2. The molecular weight excluding hydrogens is 248 g/mol. The fourth-order valence-corrected chi connectivity index (χ4v) is 2.30. The Labute approximate surface area is 110 Å². The molecule has 0 spiro atoms. The van der Waals surface area contributed by atoms with E-state index in [2.05, 4.69) is 9.97 Å². The predicted octanol–water partition coefficient (Wildman–Crippen LogP) is 3.15. The zero-order chi connectivity index (χ0) is 12.7. The van der Waals surface area contributed by atoms with Crippen molar-refractivity contribution in [2.75, 3.05) is 6.79 Å². The molecule has 3 rings (SSSR count). The second kappa shape index (κ2) is 4.10. The van der Waals surface area contributed by atoms with Gasteiger partial charge in [0.1, 0.15) is 0 Å². The van der Waals surface area contributed by atoms with Crippen molar-refractivity contribution in [1.82, 2.24) is 9.97 Å². The van der Waals surface area contributed by atoms with E-state index in [1.54, 1.807) is 0 Å². The largest absolute Gasteiger partial charge is 0.454 e. The lowest BCUT2D eigenvalue weighted by Gasteiger charge is -2.07. The van der Waals surface area contributed by atoms with Crippen molar-refractivity contribution in [3.05, 3.63) is 34.2 Å². The highest BCUT2D eigenvalue weighted by Crippen LogP contribution is 2.37. The van der Waals surface area contributed by atoms with Gasteiger partial charge in [0.15, 0.2) is 16.3 Å². The van der Waals surface area contributed by atoms with Crippen LogP contribution in [0.1, 0.15) is 11.3 Å². The van der Waals surface area contributed by atoms with E-state index in [4.69, 9.17) is 21.7 Å². The summed E-state index contributed by atoms with van der Waals surface area (Å²) in [6, 6.07) is 5.89. The summed E-state index contributed by atoms with van der Waals surface area (Å²) >= 11 is 5.11. The predicted molar refractivity (Wildman–Crippen MR) is 70.5 cm³/mol. The van der Waals surface area contributed by atoms with Gasteiger partial charge in [-0.2, -0.15) is 0 Å². The molecule has 18 heavy (non-hydrogen) atoms. The highest BCUT2D eigenvalue weighted by atomic mass is 32.1. The van der Waals surface area contributed by atoms with Gasteiger partial charge in [-0.1, -0.05) is 0 Å². The van der Waals surface area contributed by atoms with Gasteiger partial charge in [0.2, 0.25) is 6.79 Å². The zero-order valence-corrected chi connectivity index (χ0v) is 10.9. The van der Waals surface area contributed by atoms with E-state index in [-0.39, 0.29) is 6.79 Å². The Hall–Kier alpha value is -1.88. The Bertz CT molecular complexity index is 679. The summed E-state index contributed by atoms with van der Waals surface area (Å²) in [6.45, 7) is 4.26. The Morgan fingerprint density at radius 3 is 2.61 bits per heavy atom. The summed E-state index contributed by atoms with van der Waals surface area (Å²) in [5.74, 6) is 1.54. The minimum absolute atomic E-state index is 0.277. The van der Waals surface area contributed by atoms with Crippen molar-refractivity contribution in [2.24, 2.45) is 0 Å². The van der Waals surface area contributed by atoms with E-state index in [0.29, 0.717) is 4.77 Å². The Balaban J connectivity index is 2.19. The minimum Gasteiger partial charge on any atom is -0.454 e. The normalized spacial score (nSPS) is 12.8. The number of aromatic amines is 1. The lowest BCUT2D eigenvalue weighted by atomic mass is 10.0. The molecule has 2 aromatic rings.